The number of para-hydroxylation sites is 1. The number of methoxy groups -OCH3 is 1. The molecule has 0 fully saturated rings. The van der Waals surface area contributed by atoms with Gasteiger partial charge in [0.25, 0.3) is 0 Å². The zero-order valence-corrected chi connectivity index (χ0v) is 13.4. The van der Waals surface area contributed by atoms with Gasteiger partial charge in [-0.25, -0.2) is 4.79 Å². The number of hydrogen-bond donors (Lipinski definition) is 0. The molecule has 0 amide bonds. The predicted molar refractivity (Wildman–Crippen MR) is 92.7 cm³/mol. The molecular weight excluding hydrogens is 288 g/mol. The van der Waals surface area contributed by atoms with Crippen molar-refractivity contribution in [3.05, 3.63) is 65.4 Å². The summed E-state index contributed by atoms with van der Waals surface area (Å²) in [7, 11) is 3.42. The first kappa shape index (κ1) is 15.0. The average molecular weight is 306 g/mol. The summed E-state index contributed by atoms with van der Waals surface area (Å²) in [5.74, 6) is -0.358. The van der Waals surface area contributed by atoms with Crippen LogP contribution in [0.3, 0.4) is 0 Å². The topological polar surface area (TPSA) is 43.6 Å². The lowest BCUT2D eigenvalue weighted by Crippen LogP contribution is -2.00. The van der Waals surface area contributed by atoms with E-state index in [-0.39, 0.29) is 5.97 Å². The van der Waals surface area contributed by atoms with E-state index in [9.17, 15) is 4.79 Å². The average Bonchev–Trinajstić information content (AvgIpc) is 2.84. The van der Waals surface area contributed by atoms with Crippen molar-refractivity contribution in [2.75, 3.05) is 7.11 Å². The van der Waals surface area contributed by atoms with E-state index >= 15 is 0 Å². The van der Waals surface area contributed by atoms with E-state index in [1.807, 2.05) is 31.5 Å². The number of nitrogens with zero attached hydrogens (tertiary/aromatic N) is 2. The van der Waals surface area contributed by atoms with Gasteiger partial charge in [-0.15, -0.1) is 0 Å². The van der Waals surface area contributed by atoms with Crippen LogP contribution in [-0.2, 0) is 11.8 Å². The Morgan fingerprint density at radius 3 is 2.74 bits per heavy atom. The minimum Gasteiger partial charge on any atom is -0.465 e. The van der Waals surface area contributed by atoms with Crippen LogP contribution < -0.4 is 0 Å². The maximum Gasteiger partial charge on any atom is 0.337 e. The van der Waals surface area contributed by atoms with Gasteiger partial charge in [0.15, 0.2) is 0 Å². The number of benzene rings is 2. The second-order valence-electron chi connectivity index (χ2n) is 5.38. The molecule has 23 heavy (non-hydrogen) atoms. The molecule has 3 rings (SSSR count). The normalized spacial score (nSPS) is 11.3. The van der Waals surface area contributed by atoms with E-state index < -0.39 is 0 Å². The second-order valence-corrected chi connectivity index (χ2v) is 5.38. The van der Waals surface area contributed by atoms with Gasteiger partial charge in [0.2, 0.25) is 0 Å². The van der Waals surface area contributed by atoms with Gasteiger partial charge in [-0.1, -0.05) is 24.3 Å². The lowest BCUT2D eigenvalue weighted by Gasteiger charge is -2.00. The number of ether oxygens (including phenoxy) is 1. The summed E-state index contributed by atoms with van der Waals surface area (Å²) in [4.78, 5) is 16.1. The van der Waals surface area contributed by atoms with Crippen LogP contribution in [0.5, 0.6) is 0 Å². The highest BCUT2D eigenvalue weighted by atomic mass is 16.5. The number of esters is 1. The maximum absolute atomic E-state index is 11.6. The fourth-order valence-corrected chi connectivity index (χ4v) is 2.68. The molecule has 0 aliphatic heterocycles. The van der Waals surface area contributed by atoms with Crippen molar-refractivity contribution >= 4 is 28.8 Å². The Labute approximate surface area is 135 Å². The number of aryl methyl sites for hydroxylation is 1. The molecule has 3 aromatic rings. The van der Waals surface area contributed by atoms with Gasteiger partial charge in [0, 0.05) is 35.4 Å². The highest BCUT2D eigenvalue weighted by Gasteiger charge is 2.09. The molecule has 0 atom stereocenters. The van der Waals surface area contributed by atoms with E-state index in [4.69, 9.17) is 4.74 Å². The van der Waals surface area contributed by atoms with Crippen LogP contribution in [0, 0.1) is 6.92 Å². The van der Waals surface area contributed by atoms with E-state index in [1.165, 1.54) is 18.0 Å². The zero-order chi connectivity index (χ0) is 16.4. The number of fused-ring (bicyclic) bond motifs is 1. The van der Waals surface area contributed by atoms with Crippen molar-refractivity contribution in [1.82, 2.24) is 4.57 Å². The van der Waals surface area contributed by atoms with Gasteiger partial charge in [-0.05, 0) is 31.2 Å². The summed E-state index contributed by atoms with van der Waals surface area (Å²) in [6.07, 6.45) is 1.86. The molecule has 0 saturated carbocycles. The Bertz CT molecular complexity index is 907. The van der Waals surface area contributed by atoms with Crippen molar-refractivity contribution in [2.24, 2.45) is 12.0 Å². The highest BCUT2D eigenvalue weighted by Crippen LogP contribution is 2.24. The molecule has 0 aliphatic carbocycles. The summed E-state index contributed by atoms with van der Waals surface area (Å²) in [6, 6.07) is 15.3. The molecule has 2 aromatic carbocycles. The minimum atomic E-state index is -0.358. The molecular formula is C19H18N2O2. The van der Waals surface area contributed by atoms with Crippen LogP contribution >= 0.6 is 0 Å². The number of carbonyl (C=O) groups excluding carboxylic acids is 1. The van der Waals surface area contributed by atoms with Crippen molar-refractivity contribution in [1.29, 1.82) is 0 Å². The van der Waals surface area contributed by atoms with Gasteiger partial charge in [0.05, 0.1) is 18.4 Å². The Hall–Kier alpha value is -2.88. The smallest absolute Gasteiger partial charge is 0.337 e. The fraction of sp³-hybridized carbons (Fsp3) is 0.158. The highest BCUT2D eigenvalue weighted by molar-refractivity contribution is 6.02. The number of aromatic nitrogens is 1. The van der Waals surface area contributed by atoms with Crippen LogP contribution in [0.2, 0.25) is 0 Å². The van der Waals surface area contributed by atoms with Crippen molar-refractivity contribution in [3.63, 3.8) is 0 Å². The largest absolute Gasteiger partial charge is 0.465 e. The van der Waals surface area contributed by atoms with E-state index in [1.54, 1.807) is 18.2 Å². The number of aliphatic imine (C=N–C) groups is 1. The first-order chi connectivity index (χ1) is 11.1. The van der Waals surface area contributed by atoms with Crippen LogP contribution in [0.25, 0.3) is 10.9 Å². The molecule has 0 bridgehead atoms. The zero-order valence-electron chi connectivity index (χ0n) is 13.4. The Morgan fingerprint density at radius 1 is 1.17 bits per heavy atom. The Balaban J connectivity index is 2.01. The number of hydrogen-bond acceptors (Lipinski definition) is 3. The molecule has 4 heteroatoms. The van der Waals surface area contributed by atoms with Gasteiger partial charge >= 0.3 is 5.97 Å². The third kappa shape index (κ3) is 2.75. The molecule has 116 valence electrons. The second kappa shape index (κ2) is 6.08. The quantitative estimate of drug-likeness (QED) is 0.542. The lowest BCUT2D eigenvalue weighted by atomic mass is 10.1. The maximum atomic E-state index is 11.6. The van der Waals surface area contributed by atoms with Crippen molar-refractivity contribution < 1.29 is 9.53 Å². The summed E-state index contributed by atoms with van der Waals surface area (Å²) in [5, 5.41) is 1.17. The molecule has 0 aliphatic rings. The Morgan fingerprint density at radius 2 is 1.96 bits per heavy atom. The first-order valence-electron chi connectivity index (χ1n) is 7.38. The molecule has 0 saturated heterocycles. The van der Waals surface area contributed by atoms with Crippen LogP contribution in [0.4, 0.5) is 5.69 Å². The molecule has 4 nitrogen and oxygen atoms in total. The summed E-state index contributed by atoms with van der Waals surface area (Å²) in [6.45, 7) is 2.08. The molecule has 0 unspecified atom stereocenters. The lowest BCUT2D eigenvalue weighted by molar-refractivity contribution is 0.0601. The fourth-order valence-electron chi connectivity index (χ4n) is 2.68. The van der Waals surface area contributed by atoms with Gasteiger partial charge in [-0.2, -0.15) is 0 Å². The monoisotopic (exact) mass is 306 g/mol. The third-order valence-corrected chi connectivity index (χ3v) is 4.06. The minimum absolute atomic E-state index is 0.358. The Kier molecular flexibility index (Phi) is 3.98. The number of carbonyl (C=O) groups is 1. The van der Waals surface area contributed by atoms with E-state index in [0.717, 1.165) is 16.9 Å². The standard InChI is InChI=1S/C19H18N2O2/c1-13-17(16-9-4-5-10-18(16)21(13)2)12-20-15-8-6-7-14(11-15)19(22)23-3/h4-12H,1-3H3. The summed E-state index contributed by atoms with van der Waals surface area (Å²) >= 11 is 0. The van der Waals surface area contributed by atoms with Gasteiger partial charge in [0.1, 0.15) is 0 Å². The summed E-state index contributed by atoms with van der Waals surface area (Å²) in [5.41, 5.74) is 4.64. The van der Waals surface area contributed by atoms with Crippen LogP contribution in [0.15, 0.2) is 53.5 Å². The van der Waals surface area contributed by atoms with E-state index in [0.29, 0.717) is 5.56 Å². The third-order valence-electron chi connectivity index (χ3n) is 4.06. The van der Waals surface area contributed by atoms with Crippen molar-refractivity contribution in [3.8, 4) is 0 Å². The molecule has 0 N–H and O–H groups in total. The molecule has 0 spiro atoms. The van der Waals surface area contributed by atoms with E-state index in [2.05, 4.69) is 28.6 Å². The molecule has 1 aromatic heterocycles. The van der Waals surface area contributed by atoms with Crippen molar-refractivity contribution in [2.45, 2.75) is 6.92 Å². The SMILES string of the molecule is COC(=O)c1cccc(N=Cc2c(C)n(C)c3ccccc23)c1. The van der Waals surface area contributed by atoms with Gasteiger partial charge in [-0.3, -0.25) is 4.99 Å². The number of rotatable bonds is 3. The first-order valence-corrected chi connectivity index (χ1v) is 7.38. The predicted octanol–water partition coefficient (Wildman–Crippen LogP) is 4.02. The molecule has 0 radical (unpaired) electrons. The van der Waals surface area contributed by atoms with Crippen LogP contribution in [0.1, 0.15) is 21.6 Å². The van der Waals surface area contributed by atoms with Gasteiger partial charge < -0.3 is 9.30 Å². The molecule has 1 heterocycles. The summed E-state index contributed by atoms with van der Waals surface area (Å²) < 4.78 is 6.89. The van der Waals surface area contributed by atoms with Crippen LogP contribution in [-0.4, -0.2) is 23.9 Å².